The molecule has 0 spiro atoms. The number of phenolic OH excluding ortho intramolecular Hbond substituents is 1. The van der Waals surface area contributed by atoms with E-state index in [1.165, 1.54) is 0 Å². The minimum atomic E-state index is -0.110. The molecule has 4 rings (SSSR count). The maximum Gasteiger partial charge on any atom is 0.254 e. The molecule has 2 aromatic carbocycles. The van der Waals surface area contributed by atoms with Crippen molar-refractivity contribution >= 4 is 16.9 Å². The van der Waals surface area contributed by atoms with Crippen molar-refractivity contribution in [2.45, 2.75) is 25.5 Å². The van der Waals surface area contributed by atoms with Gasteiger partial charge in [-0.3, -0.25) is 4.79 Å². The fourth-order valence-electron chi connectivity index (χ4n) is 3.46. The number of phenols is 1. The predicted molar refractivity (Wildman–Crippen MR) is 100 cm³/mol. The Bertz CT molecular complexity index is 963. The molecular weight excluding hydrogens is 344 g/mol. The van der Waals surface area contributed by atoms with Gasteiger partial charge < -0.3 is 14.7 Å². The van der Waals surface area contributed by atoms with Gasteiger partial charge in [-0.05, 0) is 37.1 Å². The lowest BCUT2D eigenvalue weighted by Gasteiger charge is -2.26. The molecule has 1 aliphatic heterocycles. The Labute approximate surface area is 157 Å². The van der Waals surface area contributed by atoms with Gasteiger partial charge in [0, 0.05) is 37.9 Å². The van der Waals surface area contributed by atoms with E-state index in [1.807, 2.05) is 25.2 Å². The number of benzene rings is 2. The van der Waals surface area contributed by atoms with Crippen LogP contribution < -0.4 is 0 Å². The molecule has 1 saturated heterocycles. The second-order valence-corrected chi connectivity index (χ2v) is 6.87. The van der Waals surface area contributed by atoms with Gasteiger partial charge in [-0.1, -0.05) is 23.4 Å². The Morgan fingerprint density at radius 2 is 2.19 bits per heavy atom. The summed E-state index contributed by atoms with van der Waals surface area (Å²) in [6.45, 7) is 1.55. The first-order valence-electron chi connectivity index (χ1n) is 9.09. The van der Waals surface area contributed by atoms with E-state index >= 15 is 0 Å². The summed E-state index contributed by atoms with van der Waals surface area (Å²) in [5.74, 6) is 0.0772. The number of amides is 1. The number of hydrogen-bond donors (Lipinski definition) is 1. The van der Waals surface area contributed by atoms with Gasteiger partial charge in [-0.15, -0.1) is 5.10 Å². The minimum absolute atomic E-state index is 0.0278. The van der Waals surface area contributed by atoms with Gasteiger partial charge in [0.1, 0.15) is 11.3 Å². The van der Waals surface area contributed by atoms with Gasteiger partial charge in [-0.25, -0.2) is 4.68 Å². The number of aryl methyl sites for hydroxylation is 1. The molecule has 3 aromatic rings. The van der Waals surface area contributed by atoms with Crippen molar-refractivity contribution in [1.29, 1.82) is 0 Å². The van der Waals surface area contributed by atoms with Gasteiger partial charge in [0.2, 0.25) is 0 Å². The fourth-order valence-corrected chi connectivity index (χ4v) is 3.46. The van der Waals surface area contributed by atoms with Crippen LogP contribution in [0.3, 0.4) is 0 Å². The molecule has 2 heterocycles. The number of para-hydroxylation sites is 1. The Morgan fingerprint density at radius 3 is 2.96 bits per heavy atom. The number of carbonyl (C=O) groups is 1. The highest BCUT2D eigenvalue weighted by Crippen LogP contribution is 2.22. The molecule has 1 amide bonds. The molecule has 1 N–H and O–H groups in total. The van der Waals surface area contributed by atoms with Crippen LogP contribution >= 0.6 is 0 Å². The van der Waals surface area contributed by atoms with Gasteiger partial charge in [0.25, 0.3) is 5.91 Å². The van der Waals surface area contributed by atoms with Crippen LogP contribution in [0.1, 0.15) is 28.8 Å². The molecule has 1 unspecified atom stereocenters. The second kappa shape index (κ2) is 7.36. The Kier molecular flexibility index (Phi) is 4.77. The lowest BCUT2D eigenvalue weighted by atomic mass is 10.1. The highest BCUT2D eigenvalue weighted by molar-refractivity contribution is 5.97. The van der Waals surface area contributed by atoms with Crippen molar-refractivity contribution in [3.8, 4) is 5.75 Å². The van der Waals surface area contributed by atoms with E-state index in [4.69, 9.17) is 4.74 Å². The van der Waals surface area contributed by atoms with E-state index in [0.717, 1.165) is 25.0 Å². The quantitative estimate of drug-likeness (QED) is 0.750. The Balaban J connectivity index is 1.62. The zero-order valence-corrected chi connectivity index (χ0v) is 15.2. The minimum Gasteiger partial charge on any atom is -0.508 e. The van der Waals surface area contributed by atoms with Gasteiger partial charge in [0.05, 0.1) is 11.6 Å². The summed E-state index contributed by atoms with van der Waals surface area (Å²) in [5, 5.41) is 18.2. The van der Waals surface area contributed by atoms with Crippen LogP contribution in [0.25, 0.3) is 11.0 Å². The fraction of sp³-hybridized carbons (Fsp3) is 0.350. The first-order valence-corrected chi connectivity index (χ1v) is 9.09. The highest BCUT2D eigenvalue weighted by atomic mass is 16.5. The summed E-state index contributed by atoms with van der Waals surface area (Å²) in [6.07, 6.45) is 1.97. The van der Waals surface area contributed by atoms with E-state index < -0.39 is 0 Å². The van der Waals surface area contributed by atoms with E-state index in [9.17, 15) is 9.90 Å². The van der Waals surface area contributed by atoms with Crippen LogP contribution in [0.5, 0.6) is 5.75 Å². The maximum atomic E-state index is 13.2. The van der Waals surface area contributed by atoms with E-state index in [0.29, 0.717) is 29.7 Å². The number of aromatic nitrogens is 3. The molecule has 0 saturated carbocycles. The summed E-state index contributed by atoms with van der Waals surface area (Å²) >= 11 is 0. The van der Waals surface area contributed by atoms with E-state index in [1.54, 1.807) is 33.8 Å². The normalized spacial score (nSPS) is 16.7. The average Bonchev–Trinajstić information content (AvgIpc) is 3.32. The third kappa shape index (κ3) is 3.64. The van der Waals surface area contributed by atoms with Crippen LogP contribution in [0, 0.1) is 0 Å². The summed E-state index contributed by atoms with van der Waals surface area (Å²) < 4.78 is 7.41. The molecule has 140 valence electrons. The molecule has 7 nitrogen and oxygen atoms in total. The summed E-state index contributed by atoms with van der Waals surface area (Å²) in [6, 6.07) is 12.5. The van der Waals surface area contributed by atoms with Gasteiger partial charge in [0.15, 0.2) is 0 Å². The molecule has 1 aromatic heterocycles. The third-order valence-electron chi connectivity index (χ3n) is 4.95. The molecule has 0 aliphatic carbocycles. The van der Waals surface area contributed by atoms with Crippen molar-refractivity contribution in [1.82, 2.24) is 19.9 Å². The summed E-state index contributed by atoms with van der Waals surface area (Å²) in [7, 11) is 1.82. The number of aromatic hydroxyl groups is 1. The number of carbonyl (C=O) groups excluding carboxylic acids is 1. The lowest BCUT2D eigenvalue weighted by molar-refractivity contribution is 0.0506. The number of ether oxygens (including phenoxy) is 1. The van der Waals surface area contributed by atoms with Gasteiger partial charge in [-0.2, -0.15) is 0 Å². The zero-order valence-electron chi connectivity index (χ0n) is 15.2. The van der Waals surface area contributed by atoms with Crippen molar-refractivity contribution < 1.29 is 14.6 Å². The first kappa shape index (κ1) is 17.5. The first-order chi connectivity index (χ1) is 13.1. The predicted octanol–water partition coefficient (Wildman–Crippen LogP) is 2.50. The van der Waals surface area contributed by atoms with E-state index in [-0.39, 0.29) is 17.8 Å². The molecule has 27 heavy (non-hydrogen) atoms. The van der Waals surface area contributed by atoms with Crippen molar-refractivity contribution in [2.75, 3.05) is 13.2 Å². The van der Waals surface area contributed by atoms with Crippen molar-refractivity contribution in [3.05, 3.63) is 53.6 Å². The number of fused-ring (bicyclic) bond motifs is 1. The average molecular weight is 366 g/mol. The van der Waals surface area contributed by atoms with Crippen LogP contribution in [0.2, 0.25) is 0 Å². The topological polar surface area (TPSA) is 80.5 Å². The van der Waals surface area contributed by atoms with Crippen LogP contribution in [0.4, 0.5) is 0 Å². The monoisotopic (exact) mass is 366 g/mol. The molecule has 0 bridgehead atoms. The van der Waals surface area contributed by atoms with Crippen LogP contribution in [0.15, 0.2) is 42.5 Å². The molecule has 7 heteroatoms. The standard InChI is InChI=1S/C20H22N4O3/c1-23-18-9-8-14(11-17(18)21-22-23)20(26)24(13-16-6-4-10-27-16)12-15-5-2-3-7-19(15)25/h2-3,5,7-9,11,16,25H,4,6,10,12-13H2,1H3. The lowest BCUT2D eigenvalue weighted by Crippen LogP contribution is -2.37. The number of rotatable bonds is 5. The largest absolute Gasteiger partial charge is 0.508 e. The SMILES string of the molecule is Cn1nnc2cc(C(=O)N(Cc3ccccc3O)CC3CCCO3)ccc21. The second-order valence-electron chi connectivity index (χ2n) is 6.87. The molecule has 1 aliphatic rings. The van der Waals surface area contributed by atoms with Crippen LogP contribution in [-0.4, -0.2) is 50.2 Å². The molecule has 1 atom stereocenters. The number of nitrogens with zero attached hydrogens (tertiary/aromatic N) is 4. The smallest absolute Gasteiger partial charge is 0.254 e. The molecular formula is C20H22N4O3. The summed E-state index contributed by atoms with van der Waals surface area (Å²) in [5.41, 5.74) is 2.82. The van der Waals surface area contributed by atoms with Gasteiger partial charge >= 0.3 is 0 Å². The Hall–Kier alpha value is -2.93. The highest BCUT2D eigenvalue weighted by Gasteiger charge is 2.24. The Morgan fingerprint density at radius 1 is 1.33 bits per heavy atom. The molecule has 1 fully saturated rings. The maximum absolute atomic E-state index is 13.2. The van der Waals surface area contributed by atoms with Crippen molar-refractivity contribution in [2.24, 2.45) is 7.05 Å². The molecule has 0 radical (unpaired) electrons. The van der Waals surface area contributed by atoms with Crippen molar-refractivity contribution in [3.63, 3.8) is 0 Å². The third-order valence-corrected chi connectivity index (χ3v) is 4.95. The van der Waals surface area contributed by atoms with Crippen LogP contribution in [-0.2, 0) is 18.3 Å². The van der Waals surface area contributed by atoms with E-state index in [2.05, 4.69) is 10.3 Å². The summed E-state index contributed by atoms with van der Waals surface area (Å²) in [4.78, 5) is 15.0. The zero-order chi connectivity index (χ0) is 18.8. The number of hydrogen-bond acceptors (Lipinski definition) is 5.